The van der Waals surface area contributed by atoms with Crippen LogP contribution in [0.2, 0.25) is 0 Å². The van der Waals surface area contributed by atoms with Gasteiger partial charge in [0, 0.05) is 23.3 Å². The molecule has 0 aliphatic carbocycles. The van der Waals surface area contributed by atoms with Gasteiger partial charge in [-0.25, -0.2) is 19.7 Å². The SMILES string of the molecule is CCOc1ccccc1NC(=O)C(OC(=O)c1csc(-c2ncccn2)n1)c1ccccc1. The van der Waals surface area contributed by atoms with Crippen LogP contribution in [0.5, 0.6) is 5.75 Å². The molecule has 1 atom stereocenters. The number of benzene rings is 2. The molecule has 1 unspecified atom stereocenters. The molecule has 1 N–H and O–H groups in total. The van der Waals surface area contributed by atoms with Crippen molar-refractivity contribution in [3.05, 3.63) is 89.7 Å². The van der Waals surface area contributed by atoms with Crippen LogP contribution < -0.4 is 10.1 Å². The van der Waals surface area contributed by atoms with E-state index >= 15 is 0 Å². The van der Waals surface area contributed by atoms with Gasteiger partial charge in [-0.2, -0.15) is 0 Å². The number of esters is 1. The molecular weight excluding hydrogens is 440 g/mol. The molecule has 0 saturated carbocycles. The number of nitrogens with zero attached hydrogens (tertiary/aromatic N) is 3. The number of amides is 1. The number of anilines is 1. The van der Waals surface area contributed by atoms with Crippen molar-refractivity contribution in [3.8, 4) is 16.6 Å². The highest BCUT2D eigenvalue weighted by molar-refractivity contribution is 7.13. The van der Waals surface area contributed by atoms with E-state index in [9.17, 15) is 9.59 Å². The lowest BCUT2D eigenvalue weighted by atomic mass is 10.1. The van der Waals surface area contributed by atoms with Gasteiger partial charge in [-0.05, 0) is 25.1 Å². The summed E-state index contributed by atoms with van der Waals surface area (Å²) in [6, 6.07) is 17.6. The highest BCUT2D eigenvalue weighted by atomic mass is 32.1. The van der Waals surface area contributed by atoms with Crippen LogP contribution >= 0.6 is 11.3 Å². The van der Waals surface area contributed by atoms with Gasteiger partial charge in [0.05, 0.1) is 12.3 Å². The minimum Gasteiger partial charge on any atom is -0.492 e. The molecule has 33 heavy (non-hydrogen) atoms. The van der Waals surface area contributed by atoms with Gasteiger partial charge in [0.15, 0.2) is 16.5 Å². The first-order valence-electron chi connectivity index (χ1n) is 10.2. The van der Waals surface area contributed by atoms with Gasteiger partial charge >= 0.3 is 5.97 Å². The number of nitrogens with one attached hydrogen (secondary N) is 1. The number of rotatable bonds is 8. The van der Waals surface area contributed by atoms with E-state index in [4.69, 9.17) is 9.47 Å². The molecule has 0 aliphatic heterocycles. The predicted molar refractivity (Wildman–Crippen MR) is 124 cm³/mol. The quantitative estimate of drug-likeness (QED) is 0.385. The Balaban J connectivity index is 1.56. The van der Waals surface area contributed by atoms with Crippen molar-refractivity contribution < 1.29 is 19.1 Å². The minimum atomic E-state index is -1.19. The minimum absolute atomic E-state index is 0.0749. The second-order valence-corrected chi connectivity index (χ2v) is 7.58. The summed E-state index contributed by atoms with van der Waals surface area (Å²) in [6.45, 7) is 2.30. The normalized spacial score (nSPS) is 11.4. The van der Waals surface area contributed by atoms with Crippen LogP contribution in [-0.2, 0) is 9.53 Å². The summed E-state index contributed by atoms with van der Waals surface area (Å²) in [7, 11) is 0. The largest absolute Gasteiger partial charge is 0.492 e. The van der Waals surface area contributed by atoms with E-state index in [1.165, 1.54) is 11.3 Å². The van der Waals surface area contributed by atoms with Crippen molar-refractivity contribution in [2.45, 2.75) is 13.0 Å². The number of thiazole rings is 1. The zero-order valence-electron chi connectivity index (χ0n) is 17.7. The molecule has 8 nitrogen and oxygen atoms in total. The first-order valence-corrected chi connectivity index (χ1v) is 11.0. The molecular formula is C24H20N4O4S. The van der Waals surface area contributed by atoms with Crippen LogP contribution in [0.3, 0.4) is 0 Å². The van der Waals surface area contributed by atoms with Crippen molar-refractivity contribution in [1.29, 1.82) is 0 Å². The molecule has 0 saturated heterocycles. The van der Waals surface area contributed by atoms with E-state index in [1.807, 2.05) is 19.1 Å². The van der Waals surface area contributed by atoms with E-state index in [-0.39, 0.29) is 5.69 Å². The second kappa shape index (κ2) is 10.5. The van der Waals surface area contributed by atoms with Crippen LogP contribution in [0, 0.1) is 0 Å². The highest BCUT2D eigenvalue weighted by Gasteiger charge is 2.27. The van der Waals surface area contributed by atoms with Gasteiger partial charge in [0.25, 0.3) is 5.91 Å². The summed E-state index contributed by atoms with van der Waals surface area (Å²) in [5, 5.41) is 4.84. The third-order valence-corrected chi connectivity index (χ3v) is 5.32. The third kappa shape index (κ3) is 5.39. The number of hydrogen-bond donors (Lipinski definition) is 1. The Morgan fingerprint density at radius 1 is 1.00 bits per heavy atom. The van der Waals surface area contributed by atoms with Crippen LogP contribution in [0.15, 0.2) is 78.4 Å². The van der Waals surface area contributed by atoms with Gasteiger partial charge in [0.1, 0.15) is 5.75 Å². The molecule has 1 amide bonds. The molecule has 2 aromatic carbocycles. The molecule has 2 heterocycles. The molecule has 0 fully saturated rings. The van der Waals surface area contributed by atoms with Gasteiger partial charge < -0.3 is 14.8 Å². The topological polar surface area (TPSA) is 103 Å². The lowest BCUT2D eigenvalue weighted by Crippen LogP contribution is -2.26. The number of hydrogen-bond acceptors (Lipinski definition) is 8. The monoisotopic (exact) mass is 460 g/mol. The average molecular weight is 461 g/mol. The number of para-hydroxylation sites is 2. The second-order valence-electron chi connectivity index (χ2n) is 6.72. The van der Waals surface area contributed by atoms with Crippen LogP contribution in [0.25, 0.3) is 10.8 Å². The smallest absolute Gasteiger partial charge is 0.358 e. The molecule has 4 aromatic rings. The van der Waals surface area contributed by atoms with Gasteiger partial charge in [-0.15, -0.1) is 11.3 Å². The zero-order chi connectivity index (χ0) is 23.0. The summed E-state index contributed by atoms with van der Waals surface area (Å²) in [5.41, 5.74) is 1.09. The highest BCUT2D eigenvalue weighted by Crippen LogP contribution is 2.28. The maximum atomic E-state index is 13.2. The van der Waals surface area contributed by atoms with Crippen LogP contribution in [0.1, 0.15) is 29.1 Å². The lowest BCUT2D eigenvalue weighted by molar-refractivity contribution is -0.125. The summed E-state index contributed by atoms with van der Waals surface area (Å²) >= 11 is 1.22. The third-order valence-electron chi connectivity index (χ3n) is 4.48. The Hall–Kier alpha value is -4.11. The van der Waals surface area contributed by atoms with Crippen molar-refractivity contribution in [2.75, 3.05) is 11.9 Å². The molecule has 0 bridgehead atoms. The molecule has 0 radical (unpaired) electrons. The maximum Gasteiger partial charge on any atom is 0.358 e. The zero-order valence-corrected chi connectivity index (χ0v) is 18.5. The lowest BCUT2D eigenvalue weighted by Gasteiger charge is -2.18. The number of ether oxygens (including phenoxy) is 2. The van der Waals surface area contributed by atoms with Crippen LogP contribution in [0.4, 0.5) is 5.69 Å². The molecule has 9 heteroatoms. The van der Waals surface area contributed by atoms with Crippen molar-refractivity contribution in [3.63, 3.8) is 0 Å². The summed E-state index contributed by atoms with van der Waals surface area (Å²) in [4.78, 5) is 38.6. The van der Waals surface area contributed by atoms with Gasteiger partial charge in [-0.3, -0.25) is 4.79 Å². The fraction of sp³-hybridized carbons (Fsp3) is 0.125. The molecule has 166 valence electrons. The average Bonchev–Trinajstić information content (AvgIpc) is 3.35. The van der Waals surface area contributed by atoms with E-state index in [2.05, 4.69) is 20.3 Å². The number of aromatic nitrogens is 3. The molecule has 4 rings (SSSR count). The standard InChI is InChI=1S/C24H20N4O4S/c1-2-31-19-12-7-6-11-17(19)27-22(29)20(16-9-4-3-5-10-16)32-24(30)18-15-33-23(28-18)21-25-13-8-14-26-21/h3-15,20H,2H2,1H3,(H,27,29). The summed E-state index contributed by atoms with van der Waals surface area (Å²) in [6.07, 6.45) is 2.00. The Kier molecular flexibility index (Phi) is 7.01. The summed E-state index contributed by atoms with van der Waals surface area (Å²) in [5.74, 6) is -0.302. The first-order chi connectivity index (χ1) is 16.2. The fourth-order valence-corrected chi connectivity index (χ4v) is 3.73. The summed E-state index contributed by atoms with van der Waals surface area (Å²) < 4.78 is 11.2. The van der Waals surface area contributed by atoms with Gasteiger partial charge in [0.2, 0.25) is 6.10 Å². The Bertz CT molecular complexity index is 1230. The Morgan fingerprint density at radius 2 is 1.73 bits per heavy atom. The first kappa shape index (κ1) is 22.1. The van der Waals surface area contributed by atoms with Gasteiger partial charge in [-0.1, -0.05) is 42.5 Å². The number of carbonyl (C=O) groups is 2. The van der Waals surface area contributed by atoms with E-state index in [0.717, 1.165) is 0 Å². The van der Waals surface area contributed by atoms with Crippen molar-refractivity contribution in [1.82, 2.24) is 15.0 Å². The Labute approximate surface area is 194 Å². The maximum absolute atomic E-state index is 13.2. The van der Waals surface area contributed by atoms with E-state index in [0.29, 0.717) is 34.4 Å². The number of carbonyl (C=O) groups excluding carboxylic acids is 2. The molecule has 2 aromatic heterocycles. The molecule has 0 spiro atoms. The van der Waals surface area contributed by atoms with Crippen LogP contribution in [-0.4, -0.2) is 33.4 Å². The van der Waals surface area contributed by atoms with Crippen molar-refractivity contribution >= 4 is 28.9 Å². The van der Waals surface area contributed by atoms with E-state index < -0.39 is 18.0 Å². The Morgan fingerprint density at radius 3 is 2.48 bits per heavy atom. The fourth-order valence-electron chi connectivity index (χ4n) is 3.00. The molecule has 0 aliphatic rings. The van der Waals surface area contributed by atoms with E-state index in [1.54, 1.807) is 66.3 Å². The predicted octanol–water partition coefficient (Wildman–Crippen LogP) is 4.54. The van der Waals surface area contributed by atoms with Crippen molar-refractivity contribution in [2.24, 2.45) is 0 Å².